The van der Waals surface area contributed by atoms with Gasteiger partial charge in [0.05, 0.1) is 27.2 Å². The molecular weight excluding hydrogens is 501 g/mol. The number of hydrogen-bond donors (Lipinski definition) is 5. The maximum atomic E-state index is 14.5. The second-order valence-electron chi connectivity index (χ2n) is 8.21. The number of primary sulfonamides is 1. The lowest BCUT2D eigenvalue weighted by Gasteiger charge is -2.17. The maximum absolute atomic E-state index is 14.5. The molecule has 1 atom stereocenters. The van der Waals surface area contributed by atoms with Crippen LogP contribution in [0.4, 0.5) is 10.3 Å². The Balaban J connectivity index is 1.85. The van der Waals surface area contributed by atoms with Crippen LogP contribution in [0.1, 0.15) is 6.42 Å². The zero-order valence-electron chi connectivity index (χ0n) is 18.0. The van der Waals surface area contributed by atoms with Gasteiger partial charge in [-0.1, -0.05) is 6.07 Å². The van der Waals surface area contributed by atoms with Gasteiger partial charge in [-0.05, 0) is 54.4 Å². The van der Waals surface area contributed by atoms with E-state index in [0.29, 0.717) is 19.5 Å². The minimum Gasteiger partial charge on any atom is -0.369 e. The van der Waals surface area contributed by atoms with Crippen molar-refractivity contribution in [2.24, 2.45) is 11.1 Å². The highest BCUT2D eigenvalue weighted by atomic mass is 32.2. The quantitative estimate of drug-likeness (QED) is 0.231. The van der Waals surface area contributed by atoms with Crippen LogP contribution in [0.3, 0.4) is 0 Å². The molecular formula is C19H20FN9O4S2. The molecule has 0 saturated carbocycles. The number of imidazole rings is 1. The molecule has 1 saturated heterocycles. The van der Waals surface area contributed by atoms with Crippen molar-refractivity contribution in [1.82, 2.24) is 35.9 Å². The Morgan fingerprint density at radius 1 is 1.14 bits per heavy atom. The lowest BCUT2D eigenvalue weighted by Crippen LogP contribution is -2.23. The van der Waals surface area contributed by atoms with Crippen LogP contribution in [0.2, 0.25) is 0 Å². The average molecular weight is 522 g/mol. The first-order valence-electron chi connectivity index (χ1n) is 10.4. The SMILES string of the molecule is Nc1nc2c(-c3ccc(S(=O)(=O)C[C@@H]4CCNC4)c(S(N)(=O)=O)c3-c3nn[nH]n3)cc(F)cc2[nH]1. The molecule has 0 bridgehead atoms. The van der Waals surface area contributed by atoms with Gasteiger partial charge in [0.25, 0.3) is 0 Å². The summed E-state index contributed by atoms with van der Waals surface area (Å²) in [6.07, 6.45) is 0.627. The molecule has 35 heavy (non-hydrogen) atoms. The molecule has 4 aromatic rings. The van der Waals surface area contributed by atoms with E-state index in [4.69, 9.17) is 10.9 Å². The highest BCUT2D eigenvalue weighted by Gasteiger charge is 2.34. The van der Waals surface area contributed by atoms with E-state index < -0.39 is 35.5 Å². The van der Waals surface area contributed by atoms with Gasteiger partial charge in [0.2, 0.25) is 15.8 Å². The van der Waals surface area contributed by atoms with Crippen LogP contribution in [0.5, 0.6) is 0 Å². The Kier molecular flexibility index (Phi) is 5.54. The van der Waals surface area contributed by atoms with Gasteiger partial charge in [-0.15, -0.1) is 10.2 Å². The highest BCUT2D eigenvalue weighted by Crippen LogP contribution is 2.41. The summed E-state index contributed by atoms with van der Waals surface area (Å²) in [5.74, 6) is -1.39. The van der Waals surface area contributed by atoms with E-state index >= 15 is 0 Å². The first-order valence-corrected chi connectivity index (χ1v) is 13.6. The Hall–Kier alpha value is -3.47. The molecule has 1 aliphatic heterocycles. The van der Waals surface area contributed by atoms with Crippen LogP contribution in [0, 0.1) is 11.7 Å². The summed E-state index contributed by atoms with van der Waals surface area (Å²) in [6.45, 7) is 1.15. The number of nitrogens with two attached hydrogens (primary N) is 2. The number of nitrogens with zero attached hydrogens (tertiary/aromatic N) is 4. The highest BCUT2D eigenvalue weighted by molar-refractivity contribution is 7.93. The van der Waals surface area contributed by atoms with Crippen molar-refractivity contribution in [3.63, 3.8) is 0 Å². The fourth-order valence-electron chi connectivity index (χ4n) is 4.37. The average Bonchev–Trinajstić information content (AvgIpc) is 3.53. The van der Waals surface area contributed by atoms with Gasteiger partial charge >= 0.3 is 0 Å². The molecule has 0 aliphatic carbocycles. The third-order valence-electron chi connectivity index (χ3n) is 5.79. The molecule has 2 aromatic carbocycles. The number of aromatic nitrogens is 6. The van der Waals surface area contributed by atoms with Crippen LogP contribution < -0.4 is 16.2 Å². The second kappa shape index (κ2) is 8.33. The molecule has 0 radical (unpaired) electrons. The third-order valence-corrected chi connectivity index (χ3v) is 8.83. The zero-order valence-corrected chi connectivity index (χ0v) is 19.6. The van der Waals surface area contributed by atoms with Crippen molar-refractivity contribution in [3.05, 3.63) is 30.1 Å². The fourth-order valence-corrected chi connectivity index (χ4v) is 7.68. The summed E-state index contributed by atoms with van der Waals surface area (Å²) in [5.41, 5.74) is 6.18. The van der Waals surface area contributed by atoms with E-state index in [1.807, 2.05) is 0 Å². The van der Waals surface area contributed by atoms with Crippen molar-refractivity contribution in [2.75, 3.05) is 24.6 Å². The predicted molar refractivity (Wildman–Crippen MR) is 123 cm³/mol. The molecule has 16 heteroatoms. The van der Waals surface area contributed by atoms with Crippen LogP contribution in [-0.4, -0.2) is 66.3 Å². The second-order valence-corrected chi connectivity index (χ2v) is 11.7. The van der Waals surface area contributed by atoms with Gasteiger partial charge in [-0.2, -0.15) is 5.21 Å². The minimum atomic E-state index is -4.66. The number of nitrogen functional groups attached to an aromatic ring is 1. The van der Waals surface area contributed by atoms with Crippen LogP contribution in [0.25, 0.3) is 33.5 Å². The molecule has 1 fully saturated rings. The first kappa shape index (κ1) is 23.3. The summed E-state index contributed by atoms with van der Waals surface area (Å²) in [5, 5.41) is 22.1. The Bertz CT molecular complexity index is 1650. The van der Waals surface area contributed by atoms with Gasteiger partial charge in [0.1, 0.15) is 10.7 Å². The monoisotopic (exact) mass is 521 g/mol. The summed E-state index contributed by atoms with van der Waals surface area (Å²) in [7, 11) is -8.78. The van der Waals surface area contributed by atoms with Gasteiger partial charge in [-0.25, -0.2) is 31.3 Å². The van der Waals surface area contributed by atoms with Crippen LogP contribution in [-0.2, 0) is 19.9 Å². The normalized spacial score (nSPS) is 16.8. The Morgan fingerprint density at radius 2 is 1.94 bits per heavy atom. The number of halogens is 1. The number of nitrogens with one attached hydrogen (secondary N) is 3. The number of sulfonamides is 1. The molecule has 0 spiro atoms. The summed E-state index contributed by atoms with van der Waals surface area (Å²) in [6, 6.07) is 4.78. The van der Waals surface area contributed by atoms with Gasteiger partial charge in [-0.3, -0.25) is 0 Å². The number of sulfone groups is 1. The molecule has 0 amide bonds. The van der Waals surface area contributed by atoms with Crippen molar-refractivity contribution in [2.45, 2.75) is 16.2 Å². The summed E-state index contributed by atoms with van der Waals surface area (Å²) in [4.78, 5) is 5.69. The van der Waals surface area contributed by atoms with Crippen molar-refractivity contribution in [3.8, 4) is 22.5 Å². The number of aromatic amines is 2. The topological polar surface area (TPSA) is 215 Å². The molecule has 184 valence electrons. The van der Waals surface area contributed by atoms with E-state index in [1.54, 1.807) is 0 Å². The molecule has 13 nitrogen and oxygen atoms in total. The number of tetrazole rings is 1. The molecule has 5 rings (SSSR count). The van der Waals surface area contributed by atoms with Crippen molar-refractivity contribution < 1.29 is 21.2 Å². The number of hydrogen-bond acceptors (Lipinski definition) is 10. The number of anilines is 1. The number of benzene rings is 2. The van der Waals surface area contributed by atoms with Gasteiger partial charge in [0, 0.05) is 5.56 Å². The molecule has 3 heterocycles. The molecule has 1 aliphatic rings. The van der Waals surface area contributed by atoms with Crippen molar-refractivity contribution >= 4 is 36.8 Å². The fraction of sp³-hybridized carbons (Fsp3) is 0.263. The number of fused-ring (bicyclic) bond motifs is 1. The van der Waals surface area contributed by atoms with E-state index in [-0.39, 0.29) is 51.2 Å². The van der Waals surface area contributed by atoms with Gasteiger partial charge in [0.15, 0.2) is 15.8 Å². The lowest BCUT2D eigenvalue weighted by atomic mass is 9.97. The minimum absolute atomic E-state index is 0.00371. The van der Waals surface area contributed by atoms with Crippen LogP contribution in [0.15, 0.2) is 34.1 Å². The van der Waals surface area contributed by atoms with E-state index in [2.05, 4.69) is 35.9 Å². The largest absolute Gasteiger partial charge is 0.369 e. The standard InChI is InChI=1S/C19H20FN9O4S2/c20-10-5-12(16-13(6-10)24-19(21)25-16)11-1-2-14(34(30,31)8-9-3-4-23-7-9)17(35(22,32)33)15(11)18-26-28-29-27-18/h1-2,5-6,9,23H,3-4,7-8H2,(H3,21,24,25)(H2,22,32,33)(H,26,27,28,29)/t9-/m1/s1. The molecule has 7 N–H and O–H groups in total. The zero-order chi connectivity index (χ0) is 25.0. The predicted octanol–water partition coefficient (Wildman–Crippen LogP) is 0.162. The Labute approximate surface area is 198 Å². The molecule has 0 unspecified atom stereocenters. The van der Waals surface area contributed by atoms with Crippen molar-refractivity contribution in [1.29, 1.82) is 0 Å². The third kappa shape index (κ3) is 4.24. The van der Waals surface area contributed by atoms with Crippen LogP contribution >= 0.6 is 0 Å². The summed E-state index contributed by atoms with van der Waals surface area (Å²) >= 11 is 0. The van der Waals surface area contributed by atoms with E-state index in [1.165, 1.54) is 12.1 Å². The summed E-state index contributed by atoms with van der Waals surface area (Å²) < 4.78 is 67.0. The molecule has 2 aromatic heterocycles. The number of H-pyrrole nitrogens is 2. The lowest BCUT2D eigenvalue weighted by molar-refractivity contribution is 0.565. The number of rotatable bonds is 6. The van der Waals surface area contributed by atoms with E-state index in [9.17, 15) is 21.2 Å². The van der Waals surface area contributed by atoms with E-state index in [0.717, 1.165) is 12.1 Å². The maximum Gasteiger partial charge on any atom is 0.240 e. The smallest absolute Gasteiger partial charge is 0.240 e. The first-order chi connectivity index (χ1) is 16.5. The Morgan fingerprint density at radius 3 is 2.60 bits per heavy atom. The van der Waals surface area contributed by atoms with Gasteiger partial charge < -0.3 is 16.0 Å².